The fourth-order valence-corrected chi connectivity index (χ4v) is 3.28. The second-order valence-electron chi connectivity index (χ2n) is 6.20. The third-order valence-electron chi connectivity index (χ3n) is 4.16. The van der Waals surface area contributed by atoms with Gasteiger partial charge in [-0.1, -0.05) is 53.4 Å². The molecule has 0 spiro atoms. The van der Waals surface area contributed by atoms with Gasteiger partial charge in [-0.2, -0.15) is 0 Å². The fraction of sp³-hybridized carbons (Fsp3) is 1.00. The summed E-state index contributed by atoms with van der Waals surface area (Å²) in [5.74, 6) is 3.98. The molecule has 1 atom stereocenters. The van der Waals surface area contributed by atoms with Crippen molar-refractivity contribution in [3.8, 4) is 0 Å². The lowest BCUT2D eigenvalue weighted by molar-refractivity contribution is 0.180. The van der Waals surface area contributed by atoms with Crippen LogP contribution >= 0.6 is 0 Å². The van der Waals surface area contributed by atoms with Crippen molar-refractivity contribution in [2.75, 3.05) is 0 Å². The predicted octanol–water partition coefficient (Wildman–Crippen LogP) is 5.28. The molecule has 0 amide bonds. The Labute approximate surface area is 96.8 Å². The highest BCUT2D eigenvalue weighted by atomic mass is 14.3. The third kappa shape index (κ3) is 4.57. The van der Waals surface area contributed by atoms with E-state index in [-0.39, 0.29) is 0 Å². The Bertz CT molecular complexity index is 151. The first-order valence-corrected chi connectivity index (χ1v) is 7.13. The standard InChI is InChI=1S/C15H30/c1-5-6-15(11-12(2)3)14-9-7-13(4)8-10-14/h12-15H,5-11H2,1-4H3. The van der Waals surface area contributed by atoms with Gasteiger partial charge in [0.15, 0.2) is 0 Å². The van der Waals surface area contributed by atoms with Crippen molar-refractivity contribution in [3.05, 3.63) is 0 Å². The molecule has 1 fully saturated rings. The van der Waals surface area contributed by atoms with Gasteiger partial charge in [0.1, 0.15) is 0 Å². The van der Waals surface area contributed by atoms with E-state index in [9.17, 15) is 0 Å². The average molecular weight is 210 g/mol. The third-order valence-corrected chi connectivity index (χ3v) is 4.16. The zero-order valence-electron chi connectivity index (χ0n) is 11.3. The number of hydrogen-bond donors (Lipinski definition) is 0. The number of rotatable bonds is 5. The highest BCUT2D eigenvalue weighted by Gasteiger charge is 2.25. The molecule has 0 heterocycles. The molecule has 1 rings (SSSR count). The summed E-state index contributed by atoms with van der Waals surface area (Å²) in [5, 5.41) is 0. The van der Waals surface area contributed by atoms with Crippen molar-refractivity contribution < 1.29 is 0 Å². The molecule has 0 heteroatoms. The molecular formula is C15H30. The van der Waals surface area contributed by atoms with Gasteiger partial charge in [0, 0.05) is 0 Å². The first-order chi connectivity index (χ1) is 7.13. The van der Waals surface area contributed by atoms with Crippen LogP contribution in [0.4, 0.5) is 0 Å². The van der Waals surface area contributed by atoms with E-state index in [2.05, 4.69) is 27.7 Å². The van der Waals surface area contributed by atoms with E-state index in [1.807, 2.05) is 0 Å². The van der Waals surface area contributed by atoms with Crippen LogP contribution in [0.3, 0.4) is 0 Å². The molecular weight excluding hydrogens is 180 g/mol. The second-order valence-corrected chi connectivity index (χ2v) is 6.20. The van der Waals surface area contributed by atoms with E-state index in [1.54, 1.807) is 0 Å². The summed E-state index contributed by atoms with van der Waals surface area (Å²) in [6.07, 6.45) is 10.3. The van der Waals surface area contributed by atoms with Crippen LogP contribution in [0.1, 0.15) is 72.6 Å². The van der Waals surface area contributed by atoms with E-state index in [0.29, 0.717) is 0 Å². The summed E-state index contributed by atoms with van der Waals surface area (Å²) in [4.78, 5) is 0. The minimum absolute atomic E-state index is 0.890. The molecule has 0 aliphatic heterocycles. The van der Waals surface area contributed by atoms with Gasteiger partial charge in [0.25, 0.3) is 0 Å². The van der Waals surface area contributed by atoms with Crippen molar-refractivity contribution in [2.45, 2.75) is 72.6 Å². The maximum absolute atomic E-state index is 2.42. The van der Waals surface area contributed by atoms with Gasteiger partial charge in [0.2, 0.25) is 0 Å². The lowest BCUT2D eigenvalue weighted by atomic mass is 9.72. The van der Waals surface area contributed by atoms with Gasteiger partial charge < -0.3 is 0 Å². The molecule has 0 aromatic heterocycles. The van der Waals surface area contributed by atoms with E-state index in [0.717, 1.165) is 23.7 Å². The monoisotopic (exact) mass is 210 g/mol. The summed E-state index contributed by atoms with van der Waals surface area (Å²) < 4.78 is 0. The summed E-state index contributed by atoms with van der Waals surface area (Å²) in [6, 6.07) is 0. The molecule has 1 aliphatic carbocycles. The molecule has 0 bridgehead atoms. The Hall–Kier alpha value is 0. The van der Waals surface area contributed by atoms with Gasteiger partial charge >= 0.3 is 0 Å². The van der Waals surface area contributed by atoms with Crippen molar-refractivity contribution in [1.29, 1.82) is 0 Å². The van der Waals surface area contributed by atoms with E-state index >= 15 is 0 Å². The molecule has 0 aromatic carbocycles. The lowest BCUT2D eigenvalue weighted by Gasteiger charge is -2.33. The van der Waals surface area contributed by atoms with Crippen LogP contribution in [0.2, 0.25) is 0 Å². The van der Waals surface area contributed by atoms with E-state index in [1.165, 1.54) is 44.9 Å². The van der Waals surface area contributed by atoms with Crippen LogP contribution in [-0.4, -0.2) is 0 Å². The first-order valence-electron chi connectivity index (χ1n) is 7.13. The quantitative estimate of drug-likeness (QED) is 0.579. The Morgan fingerprint density at radius 1 is 1.07 bits per heavy atom. The van der Waals surface area contributed by atoms with Crippen molar-refractivity contribution in [3.63, 3.8) is 0 Å². The fourth-order valence-electron chi connectivity index (χ4n) is 3.28. The average Bonchev–Trinajstić information content (AvgIpc) is 2.17. The molecule has 1 saturated carbocycles. The zero-order chi connectivity index (χ0) is 11.3. The molecule has 90 valence electrons. The normalized spacial score (nSPS) is 29.4. The van der Waals surface area contributed by atoms with Crippen molar-refractivity contribution in [2.24, 2.45) is 23.7 Å². The van der Waals surface area contributed by atoms with Gasteiger partial charge in [-0.05, 0) is 42.9 Å². The molecule has 15 heavy (non-hydrogen) atoms. The Morgan fingerprint density at radius 3 is 2.13 bits per heavy atom. The van der Waals surface area contributed by atoms with Gasteiger partial charge in [-0.15, -0.1) is 0 Å². The summed E-state index contributed by atoms with van der Waals surface area (Å²) in [7, 11) is 0. The maximum atomic E-state index is 2.42. The van der Waals surface area contributed by atoms with Crippen LogP contribution in [-0.2, 0) is 0 Å². The molecule has 0 saturated heterocycles. The number of hydrogen-bond acceptors (Lipinski definition) is 0. The Kier molecular flexibility index (Phi) is 5.71. The molecule has 0 radical (unpaired) electrons. The van der Waals surface area contributed by atoms with Gasteiger partial charge in [-0.3, -0.25) is 0 Å². The highest BCUT2D eigenvalue weighted by molar-refractivity contribution is 4.77. The molecule has 0 N–H and O–H groups in total. The summed E-state index contributed by atoms with van der Waals surface area (Å²) in [6.45, 7) is 9.54. The van der Waals surface area contributed by atoms with E-state index < -0.39 is 0 Å². The summed E-state index contributed by atoms with van der Waals surface area (Å²) >= 11 is 0. The smallest absolute Gasteiger partial charge is 0.0384 e. The highest BCUT2D eigenvalue weighted by Crippen LogP contribution is 2.37. The minimum atomic E-state index is 0.890. The van der Waals surface area contributed by atoms with Crippen LogP contribution in [0.5, 0.6) is 0 Å². The van der Waals surface area contributed by atoms with Crippen LogP contribution in [0.15, 0.2) is 0 Å². The van der Waals surface area contributed by atoms with Gasteiger partial charge in [-0.25, -0.2) is 0 Å². The topological polar surface area (TPSA) is 0 Å². The minimum Gasteiger partial charge on any atom is -0.0654 e. The van der Waals surface area contributed by atoms with Crippen LogP contribution in [0, 0.1) is 23.7 Å². The van der Waals surface area contributed by atoms with E-state index in [4.69, 9.17) is 0 Å². The largest absolute Gasteiger partial charge is 0.0654 e. The van der Waals surface area contributed by atoms with Gasteiger partial charge in [0.05, 0.1) is 0 Å². The van der Waals surface area contributed by atoms with Crippen molar-refractivity contribution >= 4 is 0 Å². The summed E-state index contributed by atoms with van der Waals surface area (Å²) in [5.41, 5.74) is 0. The lowest BCUT2D eigenvalue weighted by Crippen LogP contribution is -2.22. The zero-order valence-corrected chi connectivity index (χ0v) is 11.3. The first kappa shape index (κ1) is 13.1. The van der Waals surface area contributed by atoms with Crippen LogP contribution < -0.4 is 0 Å². The molecule has 0 aromatic rings. The Morgan fingerprint density at radius 2 is 1.67 bits per heavy atom. The second kappa shape index (κ2) is 6.55. The van der Waals surface area contributed by atoms with Crippen LogP contribution in [0.25, 0.3) is 0 Å². The molecule has 0 nitrogen and oxygen atoms in total. The molecule has 1 aliphatic rings. The SMILES string of the molecule is CCCC(CC(C)C)C1CCC(C)CC1. The Balaban J connectivity index is 2.40. The predicted molar refractivity (Wildman–Crippen MR) is 69.0 cm³/mol. The molecule has 1 unspecified atom stereocenters. The van der Waals surface area contributed by atoms with Crippen molar-refractivity contribution in [1.82, 2.24) is 0 Å². The maximum Gasteiger partial charge on any atom is -0.0384 e.